The van der Waals surface area contributed by atoms with Crippen LogP contribution in [-0.2, 0) is 6.42 Å². The van der Waals surface area contributed by atoms with E-state index in [1.807, 2.05) is 31.2 Å². The fourth-order valence-electron chi connectivity index (χ4n) is 1.75. The van der Waals surface area contributed by atoms with Gasteiger partial charge in [-0.15, -0.1) is 0 Å². The molecule has 1 aromatic carbocycles. The highest BCUT2D eigenvalue weighted by Crippen LogP contribution is 2.13. The van der Waals surface area contributed by atoms with E-state index in [0.717, 1.165) is 17.7 Å². The average Bonchev–Trinajstić information content (AvgIpc) is 2.40. The third-order valence-electron chi connectivity index (χ3n) is 2.88. The molecule has 1 heterocycles. The maximum Gasteiger partial charge on any atom is 0.256 e. The number of benzene rings is 1. The number of aryl methyl sites for hydroxylation is 2. The molecule has 0 radical (unpaired) electrons. The summed E-state index contributed by atoms with van der Waals surface area (Å²) >= 11 is 0. The Kier molecular flexibility index (Phi) is 3.72. The Labute approximate surface area is 107 Å². The fraction of sp³-hybridized carbons (Fsp3) is 0.200. The Morgan fingerprint density at radius 3 is 2.56 bits per heavy atom. The van der Waals surface area contributed by atoms with Crippen LogP contribution in [0, 0.1) is 6.92 Å². The monoisotopic (exact) mass is 240 g/mol. The first-order chi connectivity index (χ1) is 8.70. The second-order valence-corrected chi connectivity index (χ2v) is 4.20. The Balaban J connectivity index is 2.14. The first-order valence-electron chi connectivity index (χ1n) is 6.01. The van der Waals surface area contributed by atoms with Gasteiger partial charge in [0.1, 0.15) is 0 Å². The van der Waals surface area contributed by atoms with Crippen LogP contribution in [0.4, 0.5) is 5.69 Å². The van der Waals surface area contributed by atoms with Crippen molar-refractivity contribution in [1.82, 2.24) is 4.98 Å². The molecule has 92 valence electrons. The molecule has 2 aromatic rings. The van der Waals surface area contributed by atoms with E-state index in [-0.39, 0.29) is 5.91 Å². The molecule has 18 heavy (non-hydrogen) atoms. The zero-order valence-electron chi connectivity index (χ0n) is 10.6. The number of carbonyl (C=O) groups is 1. The summed E-state index contributed by atoms with van der Waals surface area (Å²) in [5, 5.41) is 2.88. The van der Waals surface area contributed by atoms with E-state index in [2.05, 4.69) is 17.2 Å². The normalized spacial score (nSPS) is 10.1. The third kappa shape index (κ3) is 2.74. The standard InChI is InChI=1S/C15H16N2O/c1-3-12-4-6-13(7-5-12)17-15(18)14-8-9-16-10-11(14)2/h4-10H,3H2,1-2H3,(H,17,18). The number of hydrogen-bond acceptors (Lipinski definition) is 2. The minimum absolute atomic E-state index is 0.0980. The first-order valence-corrected chi connectivity index (χ1v) is 6.01. The lowest BCUT2D eigenvalue weighted by Gasteiger charge is -2.07. The Morgan fingerprint density at radius 2 is 1.94 bits per heavy atom. The Bertz CT molecular complexity index is 547. The van der Waals surface area contributed by atoms with Crippen LogP contribution in [0.5, 0.6) is 0 Å². The maximum atomic E-state index is 12.1. The van der Waals surface area contributed by atoms with Gasteiger partial charge < -0.3 is 5.32 Å². The van der Waals surface area contributed by atoms with Crippen LogP contribution in [0.1, 0.15) is 28.4 Å². The molecule has 0 aliphatic carbocycles. The smallest absolute Gasteiger partial charge is 0.256 e. The van der Waals surface area contributed by atoms with Crippen molar-refractivity contribution in [1.29, 1.82) is 0 Å². The summed E-state index contributed by atoms with van der Waals surface area (Å²) in [6, 6.07) is 9.62. The van der Waals surface area contributed by atoms with E-state index in [1.165, 1.54) is 5.56 Å². The third-order valence-corrected chi connectivity index (χ3v) is 2.88. The van der Waals surface area contributed by atoms with Crippen molar-refractivity contribution < 1.29 is 4.79 Å². The van der Waals surface area contributed by atoms with E-state index < -0.39 is 0 Å². The molecular weight excluding hydrogens is 224 g/mol. The van der Waals surface area contributed by atoms with Crippen LogP contribution >= 0.6 is 0 Å². The van der Waals surface area contributed by atoms with Gasteiger partial charge >= 0.3 is 0 Å². The zero-order valence-corrected chi connectivity index (χ0v) is 10.6. The number of hydrogen-bond donors (Lipinski definition) is 1. The van der Waals surface area contributed by atoms with Crippen LogP contribution in [0.25, 0.3) is 0 Å². The molecule has 0 fully saturated rings. The summed E-state index contributed by atoms with van der Waals surface area (Å²) in [4.78, 5) is 16.0. The van der Waals surface area contributed by atoms with Gasteiger partial charge in [-0.2, -0.15) is 0 Å². The molecule has 0 unspecified atom stereocenters. The molecule has 0 saturated heterocycles. The zero-order chi connectivity index (χ0) is 13.0. The maximum absolute atomic E-state index is 12.1. The highest BCUT2D eigenvalue weighted by atomic mass is 16.1. The van der Waals surface area contributed by atoms with E-state index in [0.29, 0.717) is 5.56 Å². The Morgan fingerprint density at radius 1 is 1.22 bits per heavy atom. The molecule has 0 atom stereocenters. The largest absolute Gasteiger partial charge is 0.322 e. The lowest BCUT2D eigenvalue weighted by atomic mass is 10.1. The number of anilines is 1. The molecule has 1 aromatic heterocycles. The second-order valence-electron chi connectivity index (χ2n) is 4.20. The Hall–Kier alpha value is -2.16. The number of rotatable bonds is 3. The summed E-state index contributed by atoms with van der Waals surface area (Å²) < 4.78 is 0. The van der Waals surface area contributed by atoms with Gasteiger partial charge in [0, 0.05) is 23.6 Å². The van der Waals surface area contributed by atoms with Crippen molar-refractivity contribution >= 4 is 11.6 Å². The van der Waals surface area contributed by atoms with Crippen molar-refractivity contribution in [3.05, 3.63) is 59.4 Å². The number of pyridine rings is 1. The van der Waals surface area contributed by atoms with Gasteiger partial charge in [-0.3, -0.25) is 9.78 Å². The van der Waals surface area contributed by atoms with Crippen LogP contribution in [0.3, 0.4) is 0 Å². The fourth-order valence-corrected chi connectivity index (χ4v) is 1.75. The average molecular weight is 240 g/mol. The molecule has 2 rings (SSSR count). The summed E-state index contributed by atoms with van der Waals surface area (Å²) in [6.45, 7) is 3.98. The SMILES string of the molecule is CCc1ccc(NC(=O)c2ccncc2C)cc1. The van der Waals surface area contributed by atoms with E-state index in [4.69, 9.17) is 0 Å². The van der Waals surface area contributed by atoms with Gasteiger partial charge in [-0.1, -0.05) is 19.1 Å². The summed E-state index contributed by atoms with van der Waals surface area (Å²) in [6.07, 6.45) is 4.31. The van der Waals surface area contributed by atoms with E-state index in [1.54, 1.807) is 18.5 Å². The number of aromatic nitrogens is 1. The van der Waals surface area contributed by atoms with Crippen molar-refractivity contribution in [3.8, 4) is 0 Å². The number of nitrogens with one attached hydrogen (secondary N) is 1. The molecule has 1 amide bonds. The van der Waals surface area contributed by atoms with Gasteiger partial charge in [-0.05, 0) is 42.7 Å². The van der Waals surface area contributed by atoms with Crippen LogP contribution in [-0.4, -0.2) is 10.9 Å². The van der Waals surface area contributed by atoms with E-state index >= 15 is 0 Å². The molecular formula is C15H16N2O. The molecule has 1 N–H and O–H groups in total. The molecule has 3 nitrogen and oxygen atoms in total. The minimum atomic E-state index is -0.0980. The predicted octanol–water partition coefficient (Wildman–Crippen LogP) is 3.20. The first kappa shape index (κ1) is 12.3. The molecule has 3 heteroatoms. The van der Waals surface area contributed by atoms with Gasteiger partial charge in [-0.25, -0.2) is 0 Å². The molecule has 0 spiro atoms. The summed E-state index contributed by atoms with van der Waals surface area (Å²) in [7, 11) is 0. The lowest BCUT2D eigenvalue weighted by molar-refractivity contribution is 0.102. The van der Waals surface area contributed by atoms with Crippen molar-refractivity contribution in [2.75, 3.05) is 5.32 Å². The second kappa shape index (κ2) is 5.45. The number of amides is 1. The van der Waals surface area contributed by atoms with Crippen molar-refractivity contribution in [3.63, 3.8) is 0 Å². The number of carbonyl (C=O) groups excluding carboxylic acids is 1. The van der Waals surface area contributed by atoms with Gasteiger partial charge in [0.2, 0.25) is 0 Å². The predicted molar refractivity (Wildman–Crippen MR) is 72.7 cm³/mol. The van der Waals surface area contributed by atoms with Gasteiger partial charge in [0.15, 0.2) is 0 Å². The topological polar surface area (TPSA) is 42.0 Å². The highest BCUT2D eigenvalue weighted by Gasteiger charge is 2.08. The molecule has 0 aliphatic rings. The van der Waals surface area contributed by atoms with E-state index in [9.17, 15) is 4.79 Å². The van der Waals surface area contributed by atoms with Gasteiger partial charge in [0.05, 0.1) is 0 Å². The van der Waals surface area contributed by atoms with Crippen LogP contribution in [0.2, 0.25) is 0 Å². The quantitative estimate of drug-likeness (QED) is 0.895. The van der Waals surface area contributed by atoms with Crippen molar-refractivity contribution in [2.24, 2.45) is 0 Å². The molecule has 0 aliphatic heterocycles. The minimum Gasteiger partial charge on any atom is -0.322 e. The lowest BCUT2D eigenvalue weighted by Crippen LogP contribution is -2.13. The molecule has 0 bridgehead atoms. The van der Waals surface area contributed by atoms with Crippen LogP contribution < -0.4 is 5.32 Å². The van der Waals surface area contributed by atoms with Crippen LogP contribution in [0.15, 0.2) is 42.7 Å². The molecule has 0 saturated carbocycles. The summed E-state index contributed by atoms with van der Waals surface area (Å²) in [5.74, 6) is -0.0980. The number of nitrogens with zero attached hydrogens (tertiary/aromatic N) is 1. The highest BCUT2D eigenvalue weighted by molar-refractivity contribution is 6.05. The van der Waals surface area contributed by atoms with Gasteiger partial charge in [0.25, 0.3) is 5.91 Å². The van der Waals surface area contributed by atoms with Crippen molar-refractivity contribution in [2.45, 2.75) is 20.3 Å². The summed E-state index contributed by atoms with van der Waals surface area (Å²) in [5.41, 5.74) is 3.60.